The zero-order valence-corrected chi connectivity index (χ0v) is 8.84. The van der Waals surface area contributed by atoms with Crippen molar-refractivity contribution in [2.75, 3.05) is 7.05 Å². The Morgan fingerprint density at radius 1 is 1.43 bits per heavy atom. The largest absolute Gasteiger partial charge is 0.316 e. The van der Waals surface area contributed by atoms with Crippen LogP contribution >= 0.6 is 11.3 Å². The summed E-state index contributed by atoms with van der Waals surface area (Å²) in [6, 6.07) is 8.45. The first kappa shape index (κ1) is 9.37. The van der Waals surface area contributed by atoms with E-state index in [1.54, 1.807) is 11.3 Å². The summed E-state index contributed by atoms with van der Waals surface area (Å²) in [7, 11) is 1.95. The van der Waals surface area contributed by atoms with E-state index in [1.165, 1.54) is 11.1 Å². The average molecular weight is 204 g/mol. The van der Waals surface area contributed by atoms with Crippen LogP contribution in [-0.4, -0.2) is 12.0 Å². The number of rotatable bonds is 3. The molecule has 1 aromatic carbocycles. The third-order valence-corrected chi connectivity index (χ3v) is 2.62. The van der Waals surface area contributed by atoms with E-state index in [-0.39, 0.29) is 0 Å². The smallest absolute Gasteiger partial charge is 0.0811 e. The van der Waals surface area contributed by atoms with Crippen LogP contribution in [0.2, 0.25) is 0 Å². The highest BCUT2D eigenvalue weighted by atomic mass is 32.1. The highest BCUT2D eigenvalue weighted by molar-refractivity contribution is 7.07. The van der Waals surface area contributed by atoms with Gasteiger partial charge in [0.05, 0.1) is 11.2 Å². The maximum atomic E-state index is 4.29. The maximum absolute atomic E-state index is 4.29. The van der Waals surface area contributed by atoms with E-state index >= 15 is 0 Å². The van der Waals surface area contributed by atoms with Gasteiger partial charge in [0.25, 0.3) is 0 Å². The standard InChI is InChI=1S/C11H12N2S/c1-12-6-9-3-2-4-10(5-9)11-7-14-8-13-11/h2-5,7-8,12H,6H2,1H3. The van der Waals surface area contributed by atoms with Gasteiger partial charge in [-0.1, -0.05) is 18.2 Å². The number of nitrogens with zero attached hydrogens (tertiary/aromatic N) is 1. The van der Waals surface area contributed by atoms with Crippen molar-refractivity contribution in [1.29, 1.82) is 0 Å². The first-order valence-corrected chi connectivity index (χ1v) is 5.46. The summed E-state index contributed by atoms with van der Waals surface area (Å²) < 4.78 is 0. The molecule has 0 amide bonds. The summed E-state index contributed by atoms with van der Waals surface area (Å²) >= 11 is 1.63. The van der Waals surface area contributed by atoms with Crippen molar-refractivity contribution >= 4 is 11.3 Å². The van der Waals surface area contributed by atoms with Crippen molar-refractivity contribution in [2.24, 2.45) is 0 Å². The van der Waals surface area contributed by atoms with Crippen molar-refractivity contribution in [1.82, 2.24) is 10.3 Å². The molecule has 1 N–H and O–H groups in total. The quantitative estimate of drug-likeness (QED) is 0.831. The van der Waals surface area contributed by atoms with Gasteiger partial charge in [0.1, 0.15) is 0 Å². The molecular weight excluding hydrogens is 192 g/mol. The van der Waals surface area contributed by atoms with Gasteiger partial charge < -0.3 is 5.32 Å². The van der Waals surface area contributed by atoms with Gasteiger partial charge in [-0.2, -0.15) is 0 Å². The second kappa shape index (κ2) is 4.35. The highest BCUT2D eigenvalue weighted by Gasteiger charge is 1.99. The molecule has 2 aromatic rings. The van der Waals surface area contributed by atoms with Crippen molar-refractivity contribution in [3.8, 4) is 11.3 Å². The molecule has 0 radical (unpaired) electrons. The number of aromatic nitrogens is 1. The van der Waals surface area contributed by atoms with E-state index < -0.39 is 0 Å². The van der Waals surface area contributed by atoms with Crippen molar-refractivity contribution in [3.63, 3.8) is 0 Å². The van der Waals surface area contributed by atoms with E-state index in [4.69, 9.17) is 0 Å². The second-order valence-corrected chi connectivity index (χ2v) is 3.82. The van der Waals surface area contributed by atoms with Gasteiger partial charge >= 0.3 is 0 Å². The minimum absolute atomic E-state index is 0.901. The van der Waals surface area contributed by atoms with E-state index in [2.05, 4.69) is 39.9 Å². The molecule has 0 saturated carbocycles. The minimum Gasteiger partial charge on any atom is -0.316 e. The van der Waals surface area contributed by atoms with E-state index in [1.807, 2.05) is 12.6 Å². The molecule has 0 aliphatic carbocycles. The number of thiazole rings is 1. The van der Waals surface area contributed by atoms with Gasteiger partial charge in [-0.05, 0) is 18.7 Å². The normalized spacial score (nSPS) is 10.4. The lowest BCUT2D eigenvalue weighted by molar-refractivity contribution is 0.818. The topological polar surface area (TPSA) is 24.9 Å². The SMILES string of the molecule is CNCc1cccc(-c2cscn2)c1. The summed E-state index contributed by atoms with van der Waals surface area (Å²) in [4.78, 5) is 4.29. The van der Waals surface area contributed by atoms with Crippen LogP contribution in [0.25, 0.3) is 11.3 Å². The molecule has 0 aliphatic rings. The Hall–Kier alpha value is -1.19. The predicted molar refractivity (Wildman–Crippen MR) is 60.3 cm³/mol. The first-order chi connectivity index (χ1) is 6.90. The summed E-state index contributed by atoms with van der Waals surface area (Å²) in [5.74, 6) is 0. The Bertz CT molecular complexity index is 395. The molecule has 2 nitrogen and oxygen atoms in total. The van der Waals surface area contributed by atoms with Gasteiger partial charge in [0.2, 0.25) is 0 Å². The zero-order chi connectivity index (χ0) is 9.80. The van der Waals surface area contributed by atoms with E-state index in [9.17, 15) is 0 Å². The van der Waals surface area contributed by atoms with Crippen LogP contribution in [0.5, 0.6) is 0 Å². The lowest BCUT2D eigenvalue weighted by Gasteiger charge is -2.02. The number of benzene rings is 1. The van der Waals surface area contributed by atoms with Crippen LogP contribution in [0.3, 0.4) is 0 Å². The molecule has 0 saturated heterocycles. The lowest BCUT2D eigenvalue weighted by Crippen LogP contribution is -2.04. The van der Waals surface area contributed by atoms with Crippen LogP contribution < -0.4 is 5.32 Å². The van der Waals surface area contributed by atoms with Crippen LogP contribution in [0.1, 0.15) is 5.56 Å². The van der Waals surface area contributed by atoms with Crippen molar-refractivity contribution < 1.29 is 0 Å². The predicted octanol–water partition coefficient (Wildman–Crippen LogP) is 2.53. The Labute approximate surface area is 87.6 Å². The lowest BCUT2D eigenvalue weighted by atomic mass is 10.1. The molecule has 72 valence electrons. The third kappa shape index (κ3) is 2.00. The van der Waals surface area contributed by atoms with Crippen LogP contribution in [-0.2, 0) is 6.54 Å². The monoisotopic (exact) mass is 204 g/mol. The zero-order valence-electron chi connectivity index (χ0n) is 8.03. The van der Waals surface area contributed by atoms with Gasteiger partial charge in [0, 0.05) is 17.5 Å². The molecule has 0 fully saturated rings. The fraction of sp³-hybridized carbons (Fsp3) is 0.182. The molecule has 0 bridgehead atoms. The third-order valence-electron chi connectivity index (χ3n) is 2.04. The minimum atomic E-state index is 0.901. The molecule has 3 heteroatoms. The van der Waals surface area contributed by atoms with Gasteiger partial charge in [0.15, 0.2) is 0 Å². The molecule has 0 aliphatic heterocycles. The molecule has 14 heavy (non-hydrogen) atoms. The Morgan fingerprint density at radius 3 is 3.07 bits per heavy atom. The number of nitrogens with one attached hydrogen (secondary N) is 1. The summed E-state index contributed by atoms with van der Waals surface area (Å²) in [6.07, 6.45) is 0. The molecular formula is C11H12N2S. The van der Waals surface area contributed by atoms with Crippen molar-refractivity contribution in [3.05, 3.63) is 40.7 Å². The molecule has 1 heterocycles. The summed E-state index contributed by atoms with van der Waals surface area (Å²) in [5.41, 5.74) is 5.41. The molecule has 1 aromatic heterocycles. The van der Waals surface area contributed by atoms with Crippen molar-refractivity contribution in [2.45, 2.75) is 6.54 Å². The van der Waals surface area contributed by atoms with E-state index in [0.717, 1.165) is 12.2 Å². The maximum Gasteiger partial charge on any atom is 0.0811 e. The number of hydrogen-bond acceptors (Lipinski definition) is 3. The summed E-state index contributed by atoms with van der Waals surface area (Å²) in [5, 5.41) is 5.21. The molecule has 0 unspecified atom stereocenters. The second-order valence-electron chi connectivity index (χ2n) is 3.10. The van der Waals surface area contributed by atoms with Gasteiger partial charge in [-0.15, -0.1) is 11.3 Å². The van der Waals surface area contributed by atoms with Crippen LogP contribution in [0.15, 0.2) is 35.2 Å². The van der Waals surface area contributed by atoms with Gasteiger partial charge in [-0.3, -0.25) is 0 Å². The Morgan fingerprint density at radius 2 is 2.36 bits per heavy atom. The molecule has 2 rings (SSSR count). The van der Waals surface area contributed by atoms with Gasteiger partial charge in [-0.25, -0.2) is 4.98 Å². The number of hydrogen-bond donors (Lipinski definition) is 1. The van der Waals surface area contributed by atoms with E-state index in [0.29, 0.717) is 0 Å². The van der Waals surface area contributed by atoms with Crippen LogP contribution in [0, 0.1) is 0 Å². The first-order valence-electron chi connectivity index (χ1n) is 4.52. The molecule has 0 spiro atoms. The Kier molecular flexibility index (Phi) is 2.91. The fourth-order valence-electron chi connectivity index (χ4n) is 1.40. The average Bonchev–Trinajstić information content (AvgIpc) is 2.71. The Balaban J connectivity index is 2.31. The van der Waals surface area contributed by atoms with Crippen LogP contribution in [0.4, 0.5) is 0 Å². The molecule has 0 atom stereocenters. The fourth-order valence-corrected chi connectivity index (χ4v) is 1.96. The highest BCUT2D eigenvalue weighted by Crippen LogP contribution is 2.19. The summed E-state index contributed by atoms with van der Waals surface area (Å²) in [6.45, 7) is 0.901.